The van der Waals surface area contributed by atoms with Gasteiger partial charge in [0.05, 0.1) is 16.4 Å². The SMILES string of the molecule is CC(C)(C)OC(=O)Nc1cc(Cl)c(OC(F)=C(F)C(F)(F)C(F)(F)C(F)(F)C(F)(F)F)cc1NC(=O)OC(C)(C)C. The topological polar surface area (TPSA) is 85.9 Å². The summed E-state index contributed by atoms with van der Waals surface area (Å²) in [5, 5.41) is 3.18. The molecule has 2 N–H and O–H groups in total. The largest absolute Gasteiger partial charge is 0.460 e. The molecule has 1 rings (SSSR count). The average Bonchev–Trinajstić information content (AvgIpc) is 2.72. The van der Waals surface area contributed by atoms with Crippen molar-refractivity contribution in [1.29, 1.82) is 0 Å². The standard InChI is InChI=1S/C22H22ClF11N2O5/c1-17(2,3)40-15(37)35-10-7-9(23)12(8-11(10)36-16(38)41-18(4,5)6)39-14(25)13(24)19(26,27)20(28,29)21(30,31)22(32,33)34/h7-8H,1-6H3,(H,35,37)(H,36,38). The molecule has 0 radical (unpaired) electrons. The van der Waals surface area contributed by atoms with Crippen molar-refractivity contribution in [3.8, 4) is 5.75 Å². The van der Waals surface area contributed by atoms with E-state index >= 15 is 0 Å². The lowest BCUT2D eigenvalue weighted by molar-refractivity contribution is -0.392. The Bertz CT molecular complexity index is 1190. The number of allylic oxidation sites excluding steroid dienone is 1. The molecule has 0 aromatic heterocycles. The third-order valence-corrected chi connectivity index (χ3v) is 4.43. The summed E-state index contributed by atoms with van der Waals surface area (Å²) in [5.41, 5.74) is -3.29. The first kappa shape index (κ1) is 35.8. The summed E-state index contributed by atoms with van der Waals surface area (Å²) in [4.78, 5) is 24.3. The molecule has 0 aliphatic carbocycles. The fourth-order valence-corrected chi connectivity index (χ4v) is 2.65. The summed E-state index contributed by atoms with van der Waals surface area (Å²) < 4.78 is 159. The minimum Gasteiger partial charge on any atom is -0.444 e. The van der Waals surface area contributed by atoms with Crippen LogP contribution in [0.15, 0.2) is 24.0 Å². The van der Waals surface area contributed by atoms with E-state index < -0.39 is 81.3 Å². The third-order valence-electron chi connectivity index (χ3n) is 4.14. The van der Waals surface area contributed by atoms with Gasteiger partial charge in [0.15, 0.2) is 5.75 Å². The summed E-state index contributed by atoms with van der Waals surface area (Å²) in [6.45, 7) is 8.65. The van der Waals surface area contributed by atoms with Crippen molar-refractivity contribution in [3.05, 3.63) is 29.0 Å². The van der Waals surface area contributed by atoms with Gasteiger partial charge in [0.25, 0.3) is 0 Å². The number of halogens is 12. The van der Waals surface area contributed by atoms with Crippen LogP contribution in [-0.2, 0) is 9.47 Å². The molecule has 0 aliphatic heterocycles. The van der Waals surface area contributed by atoms with E-state index in [1.165, 1.54) is 41.5 Å². The maximum Gasteiger partial charge on any atom is 0.460 e. The van der Waals surface area contributed by atoms with E-state index in [0.29, 0.717) is 12.1 Å². The molecule has 0 heterocycles. The van der Waals surface area contributed by atoms with Crippen LogP contribution in [0.1, 0.15) is 41.5 Å². The molecule has 41 heavy (non-hydrogen) atoms. The summed E-state index contributed by atoms with van der Waals surface area (Å²) in [5.74, 6) is -27.6. The summed E-state index contributed by atoms with van der Waals surface area (Å²) in [6, 6.07) is -2.36. The molecule has 1 aromatic rings. The highest BCUT2D eigenvalue weighted by atomic mass is 35.5. The predicted octanol–water partition coefficient (Wildman–Crippen LogP) is 8.99. The molecule has 1 aromatic carbocycles. The number of anilines is 2. The Morgan fingerprint density at radius 3 is 1.46 bits per heavy atom. The van der Waals surface area contributed by atoms with E-state index in [4.69, 9.17) is 21.1 Å². The number of benzene rings is 1. The lowest BCUT2D eigenvalue weighted by Gasteiger charge is -2.32. The number of nitrogens with one attached hydrogen (secondary N) is 2. The first-order chi connectivity index (χ1) is 18.0. The minimum absolute atomic E-state index is 0.409. The highest BCUT2D eigenvalue weighted by Gasteiger charge is 2.83. The first-order valence-corrected chi connectivity index (χ1v) is 11.2. The van der Waals surface area contributed by atoms with Gasteiger partial charge in [-0.3, -0.25) is 10.6 Å². The van der Waals surface area contributed by atoms with Crippen LogP contribution in [0.3, 0.4) is 0 Å². The Kier molecular flexibility index (Phi) is 10.1. The molecule has 7 nitrogen and oxygen atoms in total. The van der Waals surface area contributed by atoms with Crippen molar-refractivity contribution >= 4 is 35.2 Å². The van der Waals surface area contributed by atoms with Gasteiger partial charge in [-0.2, -0.15) is 48.3 Å². The van der Waals surface area contributed by atoms with Gasteiger partial charge in [-0.25, -0.2) is 9.59 Å². The molecule has 2 amide bonds. The molecule has 0 saturated heterocycles. The van der Waals surface area contributed by atoms with Crippen molar-refractivity contribution in [3.63, 3.8) is 0 Å². The number of amides is 2. The minimum atomic E-state index is -7.53. The van der Waals surface area contributed by atoms with Crippen molar-refractivity contribution in [2.75, 3.05) is 10.6 Å². The molecule has 0 aliphatic rings. The maximum absolute atomic E-state index is 14.2. The number of hydrogen-bond acceptors (Lipinski definition) is 5. The molecule has 0 spiro atoms. The Labute approximate surface area is 229 Å². The van der Waals surface area contributed by atoms with Crippen LogP contribution >= 0.6 is 11.6 Å². The lowest BCUT2D eigenvalue weighted by Crippen LogP contribution is -2.61. The summed E-state index contributed by atoms with van der Waals surface area (Å²) >= 11 is 5.77. The smallest absolute Gasteiger partial charge is 0.444 e. The molecule has 0 atom stereocenters. The van der Waals surface area contributed by atoms with Gasteiger partial charge in [-0.1, -0.05) is 11.6 Å². The van der Waals surface area contributed by atoms with Gasteiger partial charge in [-0.15, -0.1) is 0 Å². The first-order valence-electron chi connectivity index (χ1n) is 10.8. The Morgan fingerprint density at radius 1 is 0.707 bits per heavy atom. The van der Waals surface area contributed by atoms with Gasteiger partial charge in [0.2, 0.25) is 5.83 Å². The van der Waals surface area contributed by atoms with E-state index in [0.717, 1.165) is 0 Å². The molecule has 0 saturated carbocycles. The fraction of sp³-hybridized carbons (Fsp3) is 0.545. The molecular weight excluding hydrogens is 617 g/mol. The quantitative estimate of drug-likeness (QED) is 0.230. The van der Waals surface area contributed by atoms with Crippen LogP contribution in [0.25, 0.3) is 0 Å². The fourth-order valence-electron chi connectivity index (χ4n) is 2.44. The molecule has 0 fully saturated rings. The number of ether oxygens (including phenoxy) is 3. The second-order valence-corrected chi connectivity index (χ2v) is 10.4. The van der Waals surface area contributed by atoms with Gasteiger partial charge in [-0.05, 0) is 47.6 Å². The number of rotatable bonds is 7. The molecule has 0 unspecified atom stereocenters. The zero-order valence-electron chi connectivity index (χ0n) is 21.7. The average molecular weight is 639 g/mol. The molecular formula is C22H22ClF11N2O5. The third kappa shape index (κ3) is 8.65. The van der Waals surface area contributed by atoms with Gasteiger partial charge >= 0.3 is 42.1 Å². The lowest BCUT2D eigenvalue weighted by atomic mass is 10.0. The number of hydrogen-bond donors (Lipinski definition) is 2. The second-order valence-electron chi connectivity index (χ2n) is 9.99. The number of carbonyl (C=O) groups is 2. The maximum atomic E-state index is 14.2. The van der Waals surface area contributed by atoms with Crippen LogP contribution < -0.4 is 15.4 Å². The van der Waals surface area contributed by atoms with Gasteiger partial charge in [0, 0.05) is 6.07 Å². The predicted molar refractivity (Wildman–Crippen MR) is 122 cm³/mol. The van der Waals surface area contributed by atoms with E-state index in [9.17, 15) is 57.9 Å². The van der Waals surface area contributed by atoms with Crippen molar-refractivity contribution in [2.45, 2.75) is 76.7 Å². The van der Waals surface area contributed by atoms with Crippen molar-refractivity contribution in [1.82, 2.24) is 0 Å². The van der Waals surface area contributed by atoms with E-state index in [1.54, 1.807) is 0 Å². The molecule has 234 valence electrons. The van der Waals surface area contributed by atoms with Crippen molar-refractivity contribution < 1.29 is 72.1 Å². The number of alkyl halides is 9. The van der Waals surface area contributed by atoms with Crippen LogP contribution in [0.4, 0.5) is 69.3 Å². The van der Waals surface area contributed by atoms with Crippen LogP contribution in [0.5, 0.6) is 5.75 Å². The monoisotopic (exact) mass is 638 g/mol. The Morgan fingerprint density at radius 2 is 1.10 bits per heavy atom. The highest BCUT2D eigenvalue weighted by molar-refractivity contribution is 6.32. The normalized spacial score (nSPS) is 14.2. The van der Waals surface area contributed by atoms with E-state index in [-0.39, 0.29) is 0 Å². The molecule has 19 heteroatoms. The Hall–Kier alpha value is -3.18. The van der Waals surface area contributed by atoms with Gasteiger partial charge < -0.3 is 14.2 Å². The number of carbonyl (C=O) groups excluding carboxylic acids is 2. The Balaban J connectivity index is 3.58. The highest BCUT2D eigenvalue weighted by Crippen LogP contribution is 2.56. The van der Waals surface area contributed by atoms with Crippen molar-refractivity contribution in [2.24, 2.45) is 0 Å². The zero-order chi connectivity index (χ0) is 32.6. The summed E-state index contributed by atoms with van der Waals surface area (Å²) in [6.07, 6.45) is -9.72. The summed E-state index contributed by atoms with van der Waals surface area (Å²) in [7, 11) is 0. The van der Waals surface area contributed by atoms with E-state index in [2.05, 4.69) is 10.1 Å². The van der Waals surface area contributed by atoms with Crippen LogP contribution in [0, 0.1) is 0 Å². The zero-order valence-corrected chi connectivity index (χ0v) is 22.5. The van der Waals surface area contributed by atoms with E-state index in [1.807, 2.05) is 5.32 Å². The van der Waals surface area contributed by atoms with Crippen LogP contribution in [-0.4, -0.2) is 47.3 Å². The molecule has 0 bridgehead atoms. The second kappa shape index (κ2) is 11.6. The van der Waals surface area contributed by atoms with Crippen LogP contribution in [0.2, 0.25) is 5.02 Å². The van der Waals surface area contributed by atoms with Gasteiger partial charge in [0.1, 0.15) is 11.2 Å².